The lowest BCUT2D eigenvalue weighted by Gasteiger charge is -2.26. The SMILES string of the molecule is CC(C)(C)CC(CN)C(=O)NCC1CCCOC1. The van der Waals surface area contributed by atoms with Crippen molar-refractivity contribution < 1.29 is 9.53 Å². The molecule has 2 unspecified atom stereocenters. The van der Waals surface area contributed by atoms with E-state index in [0.717, 1.165) is 39.0 Å². The predicted molar refractivity (Wildman–Crippen MR) is 73.2 cm³/mol. The van der Waals surface area contributed by atoms with Gasteiger partial charge in [0, 0.05) is 19.7 Å². The van der Waals surface area contributed by atoms with Crippen molar-refractivity contribution >= 4 is 5.91 Å². The van der Waals surface area contributed by atoms with E-state index in [1.54, 1.807) is 0 Å². The number of amides is 1. The maximum absolute atomic E-state index is 12.1. The molecule has 0 radical (unpaired) electrons. The molecule has 0 aromatic heterocycles. The molecule has 4 heteroatoms. The van der Waals surface area contributed by atoms with Crippen molar-refractivity contribution in [1.82, 2.24) is 5.32 Å². The molecular formula is C14H28N2O2. The molecule has 0 spiro atoms. The highest BCUT2D eigenvalue weighted by Gasteiger charge is 2.24. The van der Waals surface area contributed by atoms with Gasteiger partial charge in [-0.15, -0.1) is 0 Å². The molecule has 4 nitrogen and oxygen atoms in total. The molecule has 0 aromatic carbocycles. The van der Waals surface area contributed by atoms with Crippen molar-refractivity contribution in [3.05, 3.63) is 0 Å². The van der Waals surface area contributed by atoms with Gasteiger partial charge in [0.15, 0.2) is 0 Å². The van der Waals surface area contributed by atoms with Crippen molar-refractivity contribution in [2.24, 2.45) is 23.0 Å². The van der Waals surface area contributed by atoms with Crippen LogP contribution in [0.3, 0.4) is 0 Å². The molecule has 1 aliphatic heterocycles. The normalized spacial score (nSPS) is 22.6. The smallest absolute Gasteiger partial charge is 0.224 e. The summed E-state index contributed by atoms with van der Waals surface area (Å²) >= 11 is 0. The van der Waals surface area contributed by atoms with Gasteiger partial charge in [-0.2, -0.15) is 0 Å². The van der Waals surface area contributed by atoms with Gasteiger partial charge in [-0.3, -0.25) is 4.79 Å². The fourth-order valence-electron chi connectivity index (χ4n) is 2.38. The zero-order chi connectivity index (χ0) is 13.6. The summed E-state index contributed by atoms with van der Waals surface area (Å²) in [6, 6.07) is 0. The van der Waals surface area contributed by atoms with Crippen LogP contribution < -0.4 is 11.1 Å². The maximum atomic E-state index is 12.1. The van der Waals surface area contributed by atoms with E-state index in [1.807, 2.05) is 0 Å². The minimum absolute atomic E-state index is 0.0745. The molecule has 1 amide bonds. The van der Waals surface area contributed by atoms with Gasteiger partial charge in [0.2, 0.25) is 5.91 Å². The second kappa shape index (κ2) is 7.10. The fraction of sp³-hybridized carbons (Fsp3) is 0.929. The zero-order valence-electron chi connectivity index (χ0n) is 12.0. The van der Waals surface area contributed by atoms with Gasteiger partial charge in [0.25, 0.3) is 0 Å². The molecule has 0 aliphatic carbocycles. The third-order valence-corrected chi connectivity index (χ3v) is 3.33. The first-order chi connectivity index (χ1) is 8.42. The van der Waals surface area contributed by atoms with Crippen LogP contribution in [0.25, 0.3) is 0 Å². The van der Waals surface area contributed by atoms with Gasteiger partial charge in [-0.1, -0.05) is 20.8 Å². The third kappa shape index (κ3) is 5.83. The molecular weight excluding hydrogens is 228 g/mol. The third-order valence-electron chi connectivity index (χ3n) is 3.33. The second-order valence-corrected chi connectivity index (χ2v) is 6.53. The van der Waals surface area contributed by atoms with Crippen LogP contribution in [-0.4, -0.2) is 32.2 Å². The Bertz CT molecular complexity index is 255. The van der Waals surface area contributed by atoms with Crippen LogP contribution in [0.15, 0.2) is 0 Å². The highest BCUT2D eigenvalue weighted by atomic mass is 16.5. The van der Waals surface area contributed by atoms with Gasteiger partial charge >= 0.3 is 0 Å². The van der Waals surface area contributed by atoms with Crippen LogP contribution >= 0.6 is 0 Å². The topological polar surface area (TPSA) is 64.4 Å². The van der Waals surface area contributed by atoms with Crippen LogP contribution in [-0.2, 0) is 9.53 Å². The minimum atomic E-state index is -0.0745. The largest absolute Gasteiger partial charge is 0.381 e. The van der Waals surface area contributed by atoms with E-state index in [0.29, 0.717) is 12.5 Å². The number of nitrogens with one attached hydrogen (secondary N) is 1. The van der Waals surface area contributed by atoms with Crippen molar-refractivity contribution in [3.8, 4) is 0 Å². The average molecular weight is 256 g/mol. The van der Waals surface area contributed by atoms with Gasteiger partial charge in [-0.05, 0) is 30.6 Å². The van der Waals surface area contributed by atoms with Gasteiger partial charge in [0.1, 0.15) is 0 Å². The first-order valence-electron chi connectivity index (χ1n) is 6.98. The number of ether oxygens (including phenoxy) is 1. The summed E-state index contributed by atoms with van der Waals surface area (Å²) in [5, 5.41) is 3.03. The predicted octanol–water partition coefficient (Wildman–Crippen LogP) is 1.54. The maximum Gasteiger partial charge on any atom is 0.224 e. The molecule has 1 rings (SSSR count). The van der Waals surface area contributed by atoms with E-state index in [-0.39, 0.29) is 17.2 Å². The Kier molecular flexibility index (Phi) is 6.09. The Hall–Kier alpha value is -0.610. The molecule has 106 valence electrons. The summed E-state index contributed by atoms with van der Waals surface area (Å²) in [7, 11) is 0. The highest BCUT2D eigenvalue weighted by Crippen LogP contribution is 2.24. The monoisotopic (exact) mass is 256 g/mol. The summed E-state index contributed by atoms with van der Waals surface area (Å²) in [6.45, 7) is 9.18. The summed E-state index contributed by atoms with van der Waals surface area (Å²) < 4.78 is 5.41. The van der Waals surface area contributed by atoms with E-state index >= 15 is 0 Å². The average Bonchev–Trinajstić information content (AvgIpc) is 2.33. The van der Waals surface area contributed by atoms with E-state index in [2.05, 4.69) is 26.1 Å². The van der Waals surface area contributed by atoms with E-state index < -0.39 is 0 Å². The molecule has 18 heavy (non-hydrogen) atoms. The van der Waals surface area contributed by atoms with E-state index in [1.165, 1.54) is 0 Å². The van der Waals surface area contributed by atoms with E-state index in [9.17, 15) is 4.79 Å². The van der Waals surface area contributed by atoms with Crippen LogP contribution in [0.1, 0.15) is 40.0 Å². The molecule has 0 aromatic rings. The summed E-state index contributed by atoms with van der Waals surface area (Å²) in [5.74, 6) is 0.489. The first-order valence-corrected chi connectivity index (χ1v) is 6.98. The second-order valence-electron chi connectivity index (χ2n) is 6.53. The van der Waals surface area contributed by atoms with Gasteiger partial charge in [0.05, 0.1) is 12.5 Å². The molecule has 1 fully saturated rings. The van der Waals surface area contributed by atoms with Crippen molar-refractivity contribution in [2.45, 2.75) is 40.0 Å². The molecule has 1 heterocycles. The number of nitrogens with two attached hydrogens (primary N) is 1. The number of rotatable bonds is 5. The lowest BCUT2D eigenvalue weighted by molar-refractivity contribution is -0.126. The standard InChI is InChI=1S/C14H28N2O2/c1-14(2,3)7-12(8-15)13(17)16-9-11-5-4-6-18-10-11/h11-12H,4-10,15H2,1-3H3,(H,16,17). The molecule has 1 aliphatic rings. The Balaban J connectivity index is 2.32. The van der Waals surface area contributed by atoms with Crippen LogP contribution in [0.2, 0.25) is 0 Å². The molecule has 2 atom stereocenters. The number of hydrogen-bond donors (Lipinski definition) is 2. The molecule has 0 saturated carbocycles. The number of carbonyl (C=O) groups is 1. The first kappa shape index (κ1) is 15.4. The molecule has 1 saturated heterocycles. The van der Waals surface area contributed by atoms with Crippen LogP contribution in [0.4, 0.5) is 0 Å². The molecule has 3 N–H and O–H groups in total. The Morgan fingerprint density at radius 3 is 2.72 bits per heavy atom. The summed E-state index contributed by atoms with van der Waals surface area (Å²) in [5.41, 5.74) is 5.84. The molecule has 0 bridgehead atoms. The van der Waals surface area contributed by atoms with Crippen LogP contribution in [0, 0.1) is 17.3 Å². The number of hydrogen-bond acceptors (Lipinski definition) is 3. The fourth-order valence-corrected chi connectivity index (χ4v) is 2.38. The Labute approximate surface area is 111 Å². The lowest BCUT2D eigenvalue weighted by Crippen LogP contribution is -2.40. The minimum Gasteiger partial charge on any atom is -0.381 e. The van der Waals surface area contributed by atoms with Gasteiger partial charge in [-0.25, -0.2) is 0 Å². The van der Waals surface area contributed by atoms with Crippen molar-refractivity contribution in [1.29, 1.82) is 0 Å². The van der Waals surface area contributed by atoms with E-state index in [4.69, 9.17) is 10.5 Å². The van der Waals surface area contributed by atoms with Crippen LogP contribution in [0.5, 0.6) is 0 Å². The van der Waals surface area contributed by atoms with Crippen molar-refractivity contribution in [3.63, 3.8) is 0 Å². The quantitative estimate of drug-likeness (QED) is 0.784. The Morgan fingerprint density at radius 2 is 2.22 bits per heavy atom. The summed E-state index contributed by atoms with van der Waals surface area (Å²) in [6.07, 6.45) is 3.08. The van der Waals surface area contributed by atoms with Gasteiger partial charge < -0.3 is 15.8 Å². The zero-order valence-corrected chi connectivity index (χ0v) is 12.0. The lowest BCUT2D eigenvalue weighted by atomic mass is 9.84. The highest BCUT2D eigenvalue weighted by molar-refractivity contribution is 5.78. The number of carbonyl (C=O) groups excluding carboxylic acids is 1. The Morgan fingerprint density at radius 1 is 1.50 bits per heavy atom. The summed E-state index contributed by atoms with van der Waals surface area (Å²) in [4.78, 5) is 12.1. The van der Waals surface area contributed by atoms with Crippen molar-refractivity contribution in [2.75, 3.05) is 26.3 Å².